The summed E-state index contributed by atoms with van der Waals surface area (Å²) in [7, 11) is 1.94. The van der Waals surface area contributed by atoms with Crippen LogP contribution in [0.5, 0.6) is 0 Å². The fraction of sp³-hybridized carbons (Fsp3) is 0.700. The van der Waals surface area contributed by atoms with Gasteiger partial charge in [-0.05, 0) is 31.2 Å². The summed E-state index contributed by atoms with van der Waals surface area (Å²) in [4.78, 5) is 0. The molecule has 1 rings (SSSR count). The van der Waals surface area contributed by atoms with E-state index in [0.29, 0.717) is 12.0 Å². The van der Waals surface area contributed by atoms with Crippen LogP contribution in [-0.2, 0) is 13.5 Å². The Morgan fingerprint density at radius 3 is 2.69 bits per heavy atom. The molecule has 0 bridgehead atoms. The number of hydrogen-bond acceptors (Lipinski definition) is 2. The number of rotatable bonds is 4. The van der Waals surface area contributed by atoms with Crippen molar-refractivity contribution in [3.63, 3.8) is 0 Å². The fourth-order valence-corrected chi connectivity index (χ4v) is 1.70. The smallest absolute Gasteiger partial charge is 0.0521 e. The minimum Gasteiger partial charge on any atom is -0.328 e. The van der Waals surface area contributed by atoms with Gasteiger partial charge in [0, 0.05) is 19.3 Å². The average molecular weight is 181 g/mol. The molecule has 0 aromatic carbocycles. The van der Waals surface area contributed by atoms with E-state index in [1.807, 2.05) is 17.9 Å². The maximum absolute atomic E-state index is 5.73. The summed E-state index contributed by atoms with van der Waals surface area (Å²) in [5, 5.41) is 4.13. The van der Waals surface area contributed by atoms with Gasteiger partial charge < -0.3 is 5.73 Å². The quantitative estimate of drug-likeness (QED) is 0.761. The molecule has 1 aromatic rings. The lowest BCUT2D eigenvalue weighted by molar-refractivity contribution is 0.480. The van der Waals surface area contributed by atoms with Crippen LogP contribution in [-0.4, -0.2) is 15.8 Å². The predicted molar refractivity (Wildman–Crippen MR) is 54.3 cm³/mol. The molecule has 2 N–H and O–H groups in total. The molecule has 2 atom stereocenters. The number of aryl methyl sites for hydroxylation is 1. The van der Waals surface area contributed by atoms with Crippen LogP contribution in [0.15, 0.2) is 12.4 Å². The zero-order valence-electron chi connectivity index (χ0n) is 8.70. The molecule has 1 aromatic heterocycles. The van der Waals surface area contributed by atoms with E-state index in [0.717, 1.165) is 12.8 Å². The Balaban J connectivity index is 2.40. The van der Waals surface area contributed by atoms with E-state index < -0.39 is 0 Å². The van der Waals surface area contributed by atoms with E-state index in [9.17, 15) is 0 Å². The van der Waals surface area contributed by atoms with Crippen molar-refractivity contribution in [2.24, 2.45) is 18.7 Å². The lowest BCUT2D eigenvalue weighted by Crippen LogP contribution is -2.19. The van der Waals surface area contributed by atoms with E-state index in [1.54, 1.807) is 0 Å². The molecule has 0 fully saturated rings. The topological polar surface area (TPSA) is 43.8 Å². The number of nitrogens with two attached hydrogens (primary N) is 1. The van der Waals surface area contributed by atoms with Crippen molar-refractivity contribution >= 4 is 0 Å². The van der Waals surface area contributed by atoms with Gasteiger partial charge in [0.2, 0.25) is 0 Å². The lowest BCUT2D eigenvalue weighted by atomic mass is 9.97. The molecule has 0 aliphatic carbocycles. The van der Waals surface area contributed by atoms with Gasteiger partial charge in [-0.2, -0.15) is 5.10 Å². The van der Waals surface area contributed by atoms with Crippen LogP contribution in [0.1, 0.15) is 25.8 Å². The molecule has 0 amide bonds. The first-order valence-electron chi connectivity index (χ1n) is 4.81. The Hall–Kier alpha value is -0.830. The summed E-state index contributed by atoms with van der Waals surface area (Å²) in [6.07, 6.45) is 6.15. The summed E-state index contributed by atoms with van der Waals surface area (Å²) in [6, 6.07) is 0.298. The second-order valence-electron chi connectivity index (χ2n) is 4.04. The van der Waals surface area contributed by atoms with Gasteiger partial charge in [0.1, 0.15) is 0 Å². The van der Waals surface area contributed by atoms with Crippen LogP contribution in [0.3, 0.4) is 0 Å². The van der Waals surface area contributed by atoms with Crippen molar-refractivity contribution in [2.75, 3.05) is 0 Å². The van der Waals surface area contributed by atoms with Gasteiger partial charge in [0.05, 0.1) is 6.20 Å². The highest BCUT2D eigenvalue weighted by Crippen LogP contribution is 2.11. The first-order chi connectivity index (χ1) is 6.08. The summed E-state index contributed by atoms with van der Waals surface area (Å²) in [5.74, 6) is 0.643. The van der Waals surface area contributed by atoms with Gasteiger partial charge >= 0.3 is 0 Å². The number of hydrogen-bond donors (Lipinski definition) is 1. The van der Waals surface area contributed by atoms with Gasteiger partial charge in [-0.3, -0.25) is 4.68 Å². The zero-order chi connectivity index (χ0) is 9.84. The Labute approximate surface area is 79.9 Å². The molecule has 13 heavy (non-hydrogen) atoms. The Morgan fingerprint density at radius 1 is 1.54 bits per heavy atom. The minimum absolute atomic E-state index is 0.298. The van der Waals surface area contributed by atoms with E-state index in [2.05, 4.69) is 25.1 Å². The van der Waals surface area contributed by atoms with Gasteiger partial charge in [0.15, 0.2) is 0 Å². The van der Waals surface area contributed by atoms with E-state index in [4.69, 9.17) is 5.73 Å². The third-order valence-corrected chi connectivity index (χ3v) is 2.12. The molecular weight excluding hydrogens is 162 g/mol. The summed E-state index contributed by atoms with van der Waals surface area (Å²) in [6.45, 7) is 4.29. The molecule has 3 nitrogen and oxygen atoms in total. The maximum atomic E-state index is 5.73. The highest BCUT2D eigenvalue weighted by molar-refractivity contribution is 5.04. The van der Waals surface area contributed by atoms with Gasteiger partial charge in [-0.25, -0.2) is 0 Å². The van der Waals surface area contributed by atoms with E-state index >= 15 is 0 Å². The van der Waals surface area contributed by atoms with Gasteiger partial charge in [0.25, 0.3) is 0 Å². The SMILES string of the molecule is CC(N)CC(C)Cc1cnn(C)c1. The van der Waals surface area contributed by atoms with Crippen molar-refractivity contribution in [2.45, 2.75) is 32.7 Å². The van der Waals surface area contributed by atoms with Crippen molar-refractivity contribution < 1.29 is 0 Å². The van der Waals surface area contributed by atoms with Gasteiger partial charge in [-0.1, -0.05) is 6.92 Å². The molecule has 0 aliphatic heterocycles. The first kappa shape index (κ1) is 10.3. The second kappa shape index (κ2) is 4.42. The molecule has 0 radical (unpaired) electrons. The Kier molecular flexibility index (Phi) is 3.48. The Bertz CT molecular complexity index is 252. The van der Waals surface area contributed by atoms with Crippen LogP contribution < -0.4 is 5.73 Å². The average Bonchev–Trinajstić information content (AvgIpc) is 2.33. The predicted octanol–water partition coefficient (Wildman–Crippen LogP) is 1.34. The third-order valence-electron chi connectivity index (χ3n) is 2.12. The largest absolute Gasteiger partial charge is 0.328 e. The molecule has 2 unspecified atom stereocenters. The van der Waals surface area contributed by atoms with Crippen molar-refractivity contribution in [3.8, 4) is 0 Å². The minimum atomic E-state index is 0.298. The van der Waals surface area contributed by atoms with Crippen molar-refractivity contribution in [1.29, 1.82) is 0 Å². The first-order valence-corrected chi connectivity index (χ1v) is 4.81. The fourth-order valence-electron chi connectivity index (χ4n) is 1.70. The lowest BCUT2D eigenvalue weighted by Gasteiger charge is -2.12. The normalized spacial score (nSPS) is 15.7. The summed E-state index contributed by atoms with van der Waals surface area (Å²) < 4.78 is 1.84. The highest BCUT2D eigenvalue weighted by atomic mass is 15.2. The van der Waals surface area contributed by atoms with E-state index in [-0.39, 0.29) is 0 Å². The van der Waals surface area contributed by atoms with Crippen LogP contribution in [0.4, 0.5) is 0 Å². The molecule has 3 heteroatoms. The second-order valence-corrected chi connectivity index (χ2v) is 4.04. The van der Waals surface area contributed by atoms with Crippen molar-refractivity contribution in [3.05, 3.63) is 18.0 Å². The van der Waals surface area contributed by atoms with Gasteiger partial charge in [-0.15, -0.1) is 0 Å². The molecule has 0 spiro atoms. The maximum Gasteiger partial charge on any atom is 0.0521 e. The number of nitrogens with zero attached hydrogens (tertiary/aromatic N) is 2. The zero-order valence-corrected chi connectivity index (χ0v) is 8.70. The van der Waals surface area contributed by atoms with Crippen LogP contribution in [0.25, 0.3) is 0 Å². The van der Waals surface area contributed by atoms with Crippen LogP contribution in [0, 0.1) is 5.92 Å². The Morgan fingerprint density at radius 2 is 2.23 bits per heavy atom. The third kappa shape index (κ3) is 3.59. The van der Waals surface area contributed by atoms with Crippen LogP contribution in [0.2, 0.25) is 0 Å². The summed E-state index contributed by atoms with van der Waals surface area (Å²) in [5.41, 5.74) is 7.03. The molecule has 1 heterocycles. The highest BCUT2D eigenvalue weighted by Gasteiger charge is 2.07. The molecule has 0 saturated heterocycles. The van der Waals surface area contributed by atoms with E-state index in [1.165, 1.54) is 5.56 Å². The molecule has 0 saturated carbocycles. The van der Waals surface area contributed by atoms with Crippen LogP contribution >= 0.6 is 0 Å². The van der Waals surface area contributed by atoms with Crippen molar-refractivity contribution in [1.82, 2.24) is 9.78 Å². The monoisotopic (exact) mass is 181 g/mol. The molecule has 0 aliphatic rings. The molecule has 74 valence electrons. The standard InChI is InChI=1S/C10H19N3/c1-8(4-9(2)11)5-10-6-12-13(3)7-10/h6-9H,4-5,11H2,1-3H3. The summed E-state index contributed by atoms with van der Waals surface area (Å²) >= 11 is 0. The number of aromatic nitrogens is 2. The molecular formula is C10H19N3.